The molecule has 1 N–H and O–H groups in total. The number of benzene rings is 1. The Balaban J connectivity index is 2.14. The van der Waals surface area contributed by atoms with E-state index in [1.807, 2.05) is 35.7 Å². The predicted octanol–water partition coefficient (Wildman–Crippen LogP) is 3.55. The van der Waals surface area contributed by atoms with Gasteiger partial charge in [-0.1, -0.05) is 36.4 Å². The van der Waals surface area contributed by atoms with E-state index in [2.05, 4.69) is 10.2 Å². The summed E-state index contributed by atoms with van der Waals surface area (Å²) in [5, 5.41) is 8.57. The van der Waals surface area contributed by atoms with Gasteiger partial charge in [0.2, 0.25) is 5.78 Å². The van der Waals surface area contributed by atoms with Crippen LogP contribution in [0.5, 0.6) is 0 Å². The van der Waals surface area contributed by atoms with Gasteiger partial charge in [0, 0.05) is 5.56 Å². The zero-order valence-corrected chi connectivity index (χ0v) is 13.2. The van der Waals surface area contributed by atoms with Gasteiger partial charge in [0.05, 0.1) is 11.5 Å². The van der Waals surface area contributed by atoms with Gasteiger partial charge in [-0.25, -0.2) is 4.79 Å². The van der Waals surface area contributed by atoms with E-state index in [-0.39, 0.29) is 23.8 Å². The Morgan fingerprint density at radius 2 is 1.96 bits per heavy atom. The number of aromatic nitrogens is 2. The molecular formula is C17H14N2O3S. The van der Waals surface area contributed by atoms with E-state index in [0.717, 1.165) is 5.56 Å². The highest BCUT2D eigenvalue weighted by Crippen LogP contribution is 2.29. The summed E-state index contributed by atoms with van der Waals surface area (Å²) < 4.78 is 5.05. The summed E-state index contributed by atoms with van der Waals surface area (Å²) in [6.45, 7) is 1.98. The van der Waals surface area contributed by atoms with Crippen LogP contribution in [0, 0.1) is 0 Å². The molecule has 6 heteroatoms. The van der Waals surface area contributed by atoms with Crippen LogP contribution in [0.15, 0.2) is 47.8 Å². The molecule has 1 aromatic carbocycles. The van der Waals surface area contributed by atoms with Gasteiger partial charge < -0.3 is 4.74 Å². The number of nitrogens with zero attached hydrogens (tertiary/aromatic N) is 1. The number of carbonyl (C=O) groups excluding carboxylic acids is 2. The SMILES string of the molecule is CCOC(=O)c1[nH]nc(C(=O)c2cccs2)c1-c1ccccc1. The molecule has 0 aliphatic rings. The van der Waals surface area contributed by atoms with Crippen molar-refractivity contribution in [3.05, 3.63) is 64.1 Å². The molecule has 0 aliphatic heterocycles. The normalized spacial score (nSPS) is 10.5. The molecule has 0 aliphatic carbocycles. The van der Waals surface area contributed by atoms with Crippen molar-refractivity contribution in [2.45, 2.75) is 6.92 Å². The number of rotatable bonds is 5. The van der Waals surface area contributed by atoms with E-state index in [1.54, 1.807) is 19.1 Å². The number of carbonyl (C=O) groups is 2. The highest BCUT2D eigenvalue weighted by Gasteiger charge is 2.26. The molecule has 3 rings (SSSR count). The number of aromatic amines is 1. The molecule has 2 heterocycles. The van der Waals surface area contributed by atoms with E-state index < -0.39 is 5.97 Å². The molecule has 23 heavy (non-hydrogen) atoms. The Labute approximate surface area is 136 Å². The van der Waals surface area contributed by atoms with Crippen LogP contribution < -0.4 is 0 Å². The van der Waals surface area contributed by atoms with Crippen LogP contribution in [-0.2, 0) is 4.74 Å². The third-order valence-electron chi connectivity index (χ3n) is 3.27. The summed E-state index contributed by atoms with van der Waals surface area (Å²) in [6, 6.07) is 12.8. The maximum Gasteiger partial charge on any atom is 0.357 e. The lowest BCUT2D eigenvalue weighted by Crippen LogP contribution is -2.07. The van der Waals surface area contributed by atoms with Crippen LogP contribution in [0.4, 0.5) is 0 Å². The van der Waals surface area contributed by atoms with Gasteiger partial charge in [-0.15, -0.1) is 11.3 Å². The van der Waals surface area contributed by atoms with Crippen LogP contribution in [0.1, 0.15) is 32.8 Å². The summed E-state index contributed by atoms with van der Waals surface area (Å²) in [5.41, 5.74) is 1.63. The fourth-order valence-electron chi connectivity index (χ4n) is 2.27. The third kappa shape index (κ3) is 2.93. The second kappa shape index (κ2) is 6.58. The smallest absolute Gasteiger partial charge is 0.357 e. The molecule has 0 atom stereocenters. The van der Waals surface area contributed by atoms with Crippen LogP contribution in [0.3, 0.4) is 0 Å². The number of esters is 1. The maximum absolute atomic E-state index is 12.7. The molecule has 116 valence electrons. The van der Waals surface area contributed by atoms with E-state index in [0.29, 0.717) is 10.4 Å². The summed E-state index contributed by atoms with van der Waals surface area (Å²) in [7, 11) is 0. The molecule has 0 bridgehead atoms. The second-order valence-corrected chi connectivity index (χ2v) is 5.66. The van der Waals surface area contributed by atoms with E-state index in [1.165, 1.54) is 11.3 Å². The topological polar surface area (TPSA) is 72.1 Å². The molecule has 3 aromatic rings. The van der Waals surface area contributed by atoms with Crippen LogP contribution in [-0.4, -0.2) is 28.6 Å². The van der Waals surface area contributed by atoms with Crippen molar-refractivity contribution in [1.29, 1.82) is 0 Å². The van der Waals surface area contributed by atoms with Gasteiger partial charge in [0.15, 0.2) is 5.69 Å². The van der Waals surface area contributed by atoms with Crippen molar-refractivity contribution in [3.63, 3.8) is 0 Å². The Hall–Kier alpha value is -2.73. The van der Waals surface area contributed by atoms with Gasteiger partial charge in [-0.05, 0) is 23.9 Å². The van der Waals surface area contributed by atoms with Crippen molar-refractivity contribution >= 4 is 23.1 Å². The number of thiophene rings is 1. The minimum absolute atomic E-state index is 0.193. The molecule has 2 aromatic heterocycles. The Morgan fingerprint density at radius 1 is 1.17 bits per heavy atom. The van der Waals surface area contributed by atoms with Crippen molar-refractivity contribution in [1.82, 2.24) is 10.2 Å². The molecule has 0 saturated carbocycles. The number of hydrogen-bond donors (Lipinski definition) is 1. The van der Waals surface area contributed by atoms with Crippen molar-refractivity contribution in [2.24, 2.45) is 0 Å². The molecule has 0 saturated heterocycles. The van der Waals surface area contributed by atoms with Gasteiger partial charge in [-0.3, -0.25) is 9.89 Å². The highest BCUT2D eigenvalue weighted by molar-refractivity contribution is 7.12. The van der Waals surface area contributed by atoms with Crippen LogP contribution in [0.25, 0.3) is 11.1 Å². The second-order valence-electron chi connectivity index (χ2n) is 4.72. The van der Waals surface area contributed by atoms with Crippen molar-refractivity contribution in [3.8, 4) is 11.1 Å². The Kier molecular flexibility index (Phi) is 4.34. The third-order valence-corrected chi connectivity index (χ3v) is 4.14. The van der Waals surface area contributed by atoms with Crippen LogP contribution >= 0.6 is 11.3 Å². The van der Waals surface area contributed by atoms with Crippen LogP contribution in [0.2, 0.25) is 0 Å². The average Bonchev–Trinajstić information content (AvgIpc) is 3.25. The van der Waals surface area contributed by atoms with Gasteiger partial charge in [-0.2, -0.15) is 5.10 Å². The first-order valence-electron chi connectivity index (χ1n) is 7.11. The quantitative estimate of drug-likeness (QED) is 0.575. The zero-order chi connectivity index (χ0) is 16.2. The molecule has 0 unspecified atom stereocenters. The molecular weight excluding hydrogens is 312 g/mol. The highest BCUT2D eigenvalue weighted by atomic mass is 32.1. The summed E-state index contributed by atoms with van der Waals surface area (Å²) in [5.74, 6) is -0.741. The summed E-state index contributed by atoms with van der Waals surface area (Å²) in [4.78, 5) is 25.4. The molecule has 5 nitrogen and oxygen atoms in total. The molecule has 0 radical (unpaired) electrons. The van der Waals surface area contributed by atoms with Gasteiger partial charge in [0.25, 0.3) is 0 Å². The fourth-order valence-corrected chi connectivity index (χ4v) is 2.93. The first-order chi connectivity index (χ1) is 11.2. The fraction of sp³-hybridized carbons (Fsp3) is 0.118. The monoisotopic (exact) mass is 326 g/mol. The Bertz CT molecular complexity index is 823. The lowest BCUT2D eigenvalue weighted by Gasteiger charge is -2.05. The van der Waals surface area contributed by atoms with E-state index in [4.69, 9.17) is 4.74 Å². The standard InChI is InChI=1S/C17H14N2O3S/c1-2-22-17(21)15-13(11-7-4-3-5-8-11)14(18-19-15)16(20)12-9-6-10-23-12/h3-10H,2H2,1H3,(H,18,19). The van der Waals surface area contributed by atoms with Crippen molar-refractivity contribution < 1.29 is 14.3 Å². The maximum atomic E-state index is 12.7. The molecule has 0 spiro atoms. The van der Waals surface area contributed by atoms with Gasteiger partial charge in [0.1, 0.15) is 5.69 Å². The zero-order valence-electron chi connectivity index (χ0n) is 12.4. The lowest BCUT2D eigenvalue weighted by molar-refractivity contribution is 0.0520. The summed E-state index contributed by atoms with van der Waals surface area (Å²) in [6.07, 6.45) is 0. The summed E-state index contributed by atoms with van der Waals surface area (Å²) >= 11 is 1.34. The predicted molar refractivity (Wildman–Crippen MR) is 87.7 cm³/mol. The largest absolute Gasteiger partial charge is 0.461 e. The average molecular weight is 326 g/mol. The number of nitrogens with one attached hydrogen (secondary N) is 1. The lowest BCUT2D eigenvalue weighted by atomic mass is 10.0. The number of ketones is 1. The minimum Gasteiger partial charge on any atom is -0.461 e. The van der Waals surface area contributed by atoms with E-state index >= 15 is 0 Å². The minimum atomic E-state index is -0.524. The number of ether oxygens (including phenoxy) is 1. The molecule has 0 fully saturated rings. The molecule has 0 amide bonds. The first-order valence-corrected chi connectivity index (χ1v) is 7.99. The number of hydrogen-bond acceptors (Lipinski definition) is 5. The number of H-pyrrole nitrogens is 1. The van der Waals surface area contributed by atoms with E-state index in [9.17, 15) is 9.59 Å². The van der Waals surface area contributed by atoms with Crippen molar-refractivity contribution in [2.75, 3.05) is 6.61 Å². The Morgan fingerprint density at radius 3 is 2.61 bits per heavy atom. The first kappa shape index (κ1) is 15.2. The van der Waals surface area contributed by atoms with Gasteiger partial charge >= 0.3 is 5.97 Å².